The van der Waals surface area contributed by atoms with Crippen molar-refractivity contribution in [2.24, 2.45) is 0 Å². The molecule has 0 aliphatic heterocycles. The Balaban J connectivity index is 1.95. The summed E-state index contributed by atoms with van der Waals surface area (Å²) in [5, 5.41) is 0. The molecule has 154 valence electrons. The Bertz CT molecular complexity index is 666. The molecule has 0 bridgehead atoms. The van der Waals surface area contributed by atoms with Gasteiger partial charge in [-0.1, -0.05) is 62.9 Å². The molecule has 28 heavy (non-hydrogen) atoms. The van der Waals surface area contributed by atoms with E-state index >= 15 is 0 Å². The molecule has 4 nitrogen and oxygen atoms in total. The number of nitrogens with zero attached hydrogens (tertiary/aromatic N) is 2. The Kier molecular flexibility index (Phi) is 10.4. The van der Waals surface area contributed by atoms with E-state index in [1.54, 1.807) is 7.11 Å². The fourth-order valence-corrected chi connectivity index (χ4v) is 3.45. The lowest BCUT2D eigenvalue weighted by atomic mass is 10.1. The molecule has 0 unspecified atom stereocenters. The van der Waals surface area contributed by atoms with E-state index < -0.39 is 0 Å². The van der Waals surface area contributed by atoms with E-state index in [1.165, 1.54) is 30.5 Å². The average Bonchev–Trinajstić information content (AvgIpc) is 3.14. The maximum atomic E-state index is 12.8. The van der Waals surface area contributed by atoms with Gasteiger partial charge in [-0.15, -0.1) is 0 Å². The molecule has 1 heterocycles. The summed E-state index contributed by atoms with van der Waals surface area (Å²) >= 11 is 0. The van der Waals surface area contributed by atoms with Crippen molar-refractivity contribution in [3.63, 3.8) is 0 Å². The highest BCUT2D eigenvalue weighted by Crippen LogP contribution is 2.14. The smallest absolute Gasteiger partial charge is 0.222 e. The molecule has 0 radical (unpaired) electrons. The number of rotatable bonds is 14. The third kappa shape index (κ3) is 7.89. The number of amides is 1. The quantitative estimate of drug-likeness (QED) is 0.416. The monoisotopic (exact) mass is 384 g/mol. The number of ether oxygens (including phenoxy) is 1. The SMILES string of the molecule is CCCCCCCC(=O)N(CCCOC)Cc1cccn1Cc1ccccc1. The molecular weight excluding hydrogens is 348 g/mol. The molecule has 0 saturated carbocycles. The van der Waals surface area contributed by atoms with Crippen LogP contribution in [0.15, 0.2) is 48.7 Å². The predicted molar refractivity (Wildman–Crippen MR) is 115 cm³/mol. The van der Waals surface area contributed by atoms with Crippen LogP contribution in [0.5, 0.6) is 0 Å². The van der Waals surface area contributed by atoms with Gasteiger partial charge in [0.1, 0.15) is 0 Å². The molecule has 4 heteroatoms. The number of benzene rings is 1. The summed E-state index contributed by atoms with van der Waals surface area (Å²) in [6.45, 7) is 5.15. The number of hydrogen-bond donors (Lipinski definition) is 0. The summed E-state index contributed by atoms with van der Waals surface area (Å²) < 4.78 is 7.44. The topological polar surface area (TPSA) is 34.5 Å². The summed E-state index contributed by atoms with van der Waals surface area (Å²) in [5.41, 5.74) is 2.45. The van der Waals surface area contributed by atoms with Crippen molar-refractivity contribution < 1.29 is 9.53 Å². The number of carbonyl (C=O) groups is 1. The van der Waals surface area contributed by atoms with E-state index in [4.69, 9.17) is 4.74 Å². The van der Waals surface area contributed by atoms with Gasteiger partial charge in [-0.2, -0.15) is 0 Å². The highest BCUT2D eigenvalue weighted by atomic mass is 16.5. The van der Waals surface area contributed by atoms with Gasteiger partial charge in [0.15, 0.2) is 0 Å². The second-order valence-corrected chi connectivity index (χ2v) is 7.44. The Hall–Kier alpha value is -2.07. The van der Waals surface area contributed by atoms with Gasteiger partial charge in [0.2, 0.25) is 5.91 Å². The fourth-order valence-electron chi connectivity index (χ4n) is 3.45. The minimum Gasteiger partial charge on any atom is -0.385 e. The molecule has 1 aromatic heterocycles. The first-order chi connectivity index (χ1) is 13.7. The molecule has 0 saturated heterocycles. The minimum atomic E-state index is 0.264. The highest BCUT2D eigenvalue weighted by Gasteiger charge is 2.15. The van der Waals surface area contributed by atoms with Crippen LogP contribution in [0.1, 0.15) is 63.1 Å². The molecule has 0 atom stereocenters. The lowest BCUT2D eigenvalue weighted by Crippen LogP contribution is -2.32. The lowest BCUT2D eigenvalue weighted by Gasteiger charge is -2.24. The van der Waals surface area contributed by atoms with Crippen LogP contribution >= 0.6 is 0 Å². The standard InChI is InChI=1S/C24H36N2O2/c1-3-4-5-6-10-16-24(27)26(18-12-19-28-2)21-23-15-11-17-25(23)20-22-13-8-7-9-14-22/h7-9,11,13-15,17H,3-6,10,12,16,18-21H2,1-2H3. The van der Waals surface area contributed by atoms with Crippen LogP contribution in [0.2, 0.25) is 0 Å². The molecule has 0 fully saturated rings. The van der Waals surface area contributed by atoms with Gasteiger partial charge in [0, 0.05) is 45.1 Å². The summed E-state index contributed by atoms with van der Waals surface area (Å²) in [7, 11) is 1.71. The third-order valence-corrected chi connectivity index (χ3v) is 5.10. The van der Waals surface area contributed by atoms with Gasteiger partial charge in [-0.05, 0) is 30.5 Å². The summed E-state index contributed by atoms with van der Waals surface area (Å²) in [4.78, 5) is 14.9. The van der Waals surface area contributed by atoms with Gasteiger partial charge in [0.25, 0.3) is 0 Å². The van der Waals surface area contributed by atoms with Gasteiger partial charge in [0.05, 0.1) is 6.54 Å². The largest absolute Gasteiger partial charge is 0.385 e. The number of methoxy groups -OCH3 is 1. The van der Waals surface area contributed by atoms with Gasteiger partial charge in [-0.3, -0.25) is 4.79 Å². The van der Waals surface area contributed by atoms with Gasteiger partial charge < -0.3 is 14.2 Å². The maximum absolute atomic E-state index is 12.8. The van der Waals surface area contributed by atoms with Crippen LogP contribution in [0.3, 0.4) is 0 Å². The average molecular weight is 385 g/mol. The first kappa shape index (κ1) is 22.2. The molecule has 0 aliphatic rings. The summed E-state index contributed by atoms with van der Waals surface area (Å²) in [5.74, 6) is 0.264. The summed E-state index contributed by atoms with van der Waals surface area (Å²) in [6, 6.07) is 14.6. The number of hydrogen-bond acceptors (Lipinski definition) is 2. The van der Waals surface area contributed by atoms with E-state index in [1.807, 2.05) is 11.0 Å². The van der Waals surface area contributed by atoms with Crippen LogP contribution in [-0.4, -0.2) is 35.6 Å². The van der Waals surface area contributed by atoms with Crippen LogP contribution in [0, 0.1) is 0 Å². The molecular formula is C24H36N2O2. The van der Waals surface area contributed by atoms with Crippen LogP contribution in [0.25, 0.3) is 0 Å². The van der Waals surface area contributed by atoms with Crippen LogP contribution in [0.4, 0.5) is 0 Å². The molecule has 2 aromatic rings. The van der Waals surface area contributed by atoms with Crippen molar-refractivity contribution in [2.75, 3.05) is 20.3 Å². The second kappa shape index (κ2) is 13.2. The number of carbonyl (C=O) groups excluding carboxylic acids is 1. The highest BCUT2D eigenvalue weighted by molar-refractivity contribution is 5.76. The van der Waals surface area contributed by atoms with Crippen molar-refractivity contribution in [3.05, 3.63) is 59.9 Å². The van der Waals surface area contributed by atoms with E-state index in [0.717, 1.165) is 32.4 Å². The normalized spacial score (nSPS) is 10.9. The van der Waals surface area contributed by atoms with Gasteiger partial charge in [-0.25, -0.2) is 0 Å². The first-order valence-corrected chi connectivity index (χ1v) is 10.7. The van der Waals surface area contributed by atoms with Crippen molar-refractivity contribution in [3.8, 4) is 0 Å². The van der Waals surface area contributed by atoms with Crippen molar-refractivity contribution in [1.82, 2.24) is 9.47 Å². The molecule has 0 N–H and O–H groups in total. The van der Waals surface area contributed by atoms with Gasteiger partial charge >= 0.3 is 0 Å². The maximum Gasteiger partial charge on any atom is 0.222 e. The van der Waals surface area contributed by atoms with Crippen molar-refractivity contribution in [2.45, 2.75) is 65.0 Å². The molecule has 1 aromatic carbocycles. The van der Waals surface area contributed by atoms with Crippen molar-refractivity contribution in [1.29, 1.82) is 0 Å². The Labute approximate surface area is 170 Å². The number of unbranched alkanes of at least 4 members (excludes halogenated alkanes) is 4. The van der Waals surface area contributed by atoms with Crippen LogP contribution < -0.4 is 0 Å². The zero-order chi connectivity index (χ0) is 20.0. The lowest BCUT2D eigenvalue weighted by molar-refractivity contribution is -0.132. The van der Waals surface area contributed by atoms with Crippen molar-refractivity contribution >= 4 is 5.91 Å². The third-order valence-electron chi connectivity index (χ3n) is 5.10. The van der Waals surface area contributed by atoms with E-state index in [-0.39, 0.29) is 5.91 Å². The Morgan fingerprint density at radius 3 is 2.54 bits per heavy atom. The zero-order valence-electron chi connectivity index (χ0n) is 17.6. The van der Waals surface area contributed by atoms with Crippen LogP contribution in [-0.2, 0) is 22.6 Å². The Morgan fingerprint density at radius 2 is 1.79 bits per heavy atom. The molecule has 0 spiro atoms. The second-order valence-electron chi connectivity index (χ2n) is 7.44. The predicted octanol–water partition coefficient (Wildman–Crippen LogP) is 5.26. The fraction of sp³-hybridized carbons (Fsp3) is 0.542. The first-order valence-electron chi connectivity index (χ1n) is 10.7. The Morgan fingerprint density at radius 1 is 1.00 bits per heavy atom. The molecule has 2 rings (SSSR count). The number of aromatic nitrogens is 1. The molecule has 0 aliphatic carbocycles. The van der Waals surface area contributed by atoms with E-state index in [2.05, 4.69) is 54.1 Å². The minimum absolute atomic E-state index is 0.264. The molecule has 1 amide bonds. The van der Waals surface area contributed by atoms with E-state index in [9.17, 15) is 4.79 Å². The van der Waals surface area contributed by atoms with E-state index in [0.29, 0.717) is 19.6 Å². The zero-order valence-corrected chi connectivity index (χ0v) is 17.6. The summed E-state index contributed by atoms with van der Waals surface area (Å²) in [6.07, 6.45) is 9.49.